The molecule has 0 aliphatic carbocycles. The highest BCUT2D eigenvalue weighted by atomic mass is 16.3. The molecule has 72 heavy (non-hydrogen) atoms. The maximum absolute atomic E-state index is 14.4. The van der Waals surface area contributed by atoms with Crippen LogP contribution >= 0.6 is 0 Å². The first-order chi connectivity index (χ1) is 34.4. The van der Waals surface area contributed by atoms with Crippen molar-refractivity contribution in [3.63, 3.8) is 0 Å². The number of hydrogen-bond donors (Lipinski definition) is 12. The fraction of sp³-hybridized carbons (Fsp3) is 0.706. The summed E-state index contributed by atoms with van der Waals surface area (Å²) < 4.78 is 0. The van der Waals surface area contributed by atoms with Crippen molar-refractivity contribution in [2.45, 2.75) is 179 Å². The number of rotatable bonds is 25. The van der Waals surface area contributed by atoms with E-state index >= 15 is 0 Å². The molecule has 406 valence electrons. The minimum atomic E-state index is -1.23. The highest BCUT2D eigenvalue weighted by molar-refractivity contribution is 5.98. The van der Waals surface area contributed by atoms with Crippen LogP contribution in [0.1, 0.15) is 136 Å². The Balaban J connectivity index is 2.63. The Hall–Kier alpha value is -5.35. The molecule has 1 aliphatic rings. The van der Waals surface area contributed by atoms with Crippen molar-refractivity contribution in [3.8, 4) is 0 Å². The molecule has 0 aromatic heterocycles. The lowest BCUT2D eigenvalue weighted by molar-refractivity contribution is -0.136. The largest absolute Gasteiger partial charge is 0.393 e. The van der Waals surface area contributed by atoms with E-state index in [1.54, 1.807) is 37.3 Å². The van der Waals surface area contributed by atoms with Crippen molar-refractivity contribution < 1.29 is 48.3 Å². The monoisotopic (exact) mass is 1010 g/mol. The summed E-state index contributed by atoms with van der Waals surface area (Å²) in [6.45, 7) is 6.96. The van der Waals surface area contributed by atoms with Crippen LogP contribution in [0.5, 0.6) is 0 Å². The summed E-state index contributed by atoms with van der Waals surface area (Å²) in [6, 6.07) is 1.70. The predicted molar refractivity (Wildman–Crippen MR) is 274 cm³/mol. The number of hydrogen-bond acceptors (Lipinski definition) is 14. The number of nitrogens with two attached hydrogens (primary N) is 4. The Labute approximate surface area is 425 Å². The number of Topliss-reactive ketones (excluding diaryl/α,β-unsaturated/α-hetero) is 2. The van der Waals surface area contributed by atoms with Gasteiger partial charge in [-0.1, -0.05) is 96.6 Å². The quantitative estimate of drug-likeness (QED) is 0.0564. The third-order valence-electron chi connectivity index (χ3n) is 12.7. The van der Waals surface area contributed by atoms with Crippen LogP contribution < -0.4 is 60.2 Å². The molecule has 1 aliphatic heterocycles. The topological polar surface area (TPSA) is 362 Å². The zero-order valence-electron chi connectivity index (χ0n) is 43.1. The lowest BCUT2D eigenvalue weighted by Gasteiger charge is -2.27. The lowest BCUT2D eigenvalue weighted by Crippen LogP contribution is -2.59. The van der Waals surface area contributed by atoms with Gasteiger partial charge in [0.05, 0.1) is 24.6 Å². The second-order valence-electron chi connectivity index (χ2n) is 19.4. The summed E-state index contributed by atoms with van der Waals surface area (Å²) in [5, 5.41) is 29.5. The standard InChI is InChI=1S/C51H87N11O10/c1-5-7-8-9-13-17-36(63)30-45(66)57-42(31-55)44(65)28-34-21-25-56-48(69)41(26-32(3)4)62-51(72)40(20-24-54)61-50(71)39(19-23-53)60-49(70)38(14-6-2)59-47(68)35(27-33-15-11-10-12-16-33)29-43(64)37(18-22-52)58-46(34)67/h10-12,15-16,32,34-42,63H,5-9,13-14,17-31,52-55H2,1-4H3,(H,56,69)(H,57,66)(H,58,67)(H,59,68)(H,60,70)(H,61,71)(H,62,72)/t34-,35+,36-,37+,38+,39+,40+,41+,42-/m1/s1. The Bertz CT molecular complexity index is 1870. The summed E-state index contributed by atoms with van der Waals surface area (Å²) >= 11 is 0. The molecule has 1 aromatic carbocycles. The Morgan fingerprint density at radius 2 is 1.18 bits per heavy atom. The van der Waals surface area contributed by atoms with Gasteiger partial charge in [-0.05, 0) is 82.5 Å². The van der Waals surface area contributed by atoms with Gasteiger partial charge in [0.1, 0.15) is 24.2 Å². The van der Waals surface area contributed by atoms with E-state index in [4.69, 9.17) is 22.9 Å². The average Bonchev–Trinajstić information content (AvgIpc) is 3.33. The molecule has 2 rings (SSSR count). The molecule has 0 radical (unpaired) electrons. The van der Waals surface area contributed by atoms with E-state index in [1.807, 2.05) is 13.8 Å². The average molecular weight is 1010 g/mol. The molecule has 21 heteroatoms. The van der Waals surface area contributed by atoms with E-state index in [0.717, 1.165) is 32.1 Å². The van der Waals surface area contributed by atoms with Gasteiger partial charge in [-0.15, -0.1) is 0 Å². The van der Waals surface area contributed by atoms with E-state index in [9.17, 15) is 48.3 Å². The van der Waals surface area contributed by atoms with Crippen molar-refractivity contribution in [3.05, 3.63) is 35.9 Å². The SMILES string of the molecule is CCCCCCC[C@@H](O)CC(=O)N[C@H](CN)C(=O)C[C@H]1CCNC(=O)[C@H](CC(C)C)NC(=O)[C@H](CCN)NC(=O)[C@H](CCN)NC(=O)[C@H](CCC)NC(=O)[C@@H](Cc2ccccc2)CC(=O)[C@H](CCN)NC1=O. The summed E-state index contributed by atoms with van der Waals surface area (Å²) in [5.74, 6) is -8.29. The highest BCUT2D eigenvalue weighted by Gasteiger charge is 2.35. The van der Waals surface area contributed by atoms with Crippen molar-refractivity contribution >= 4 is 52.9 Å². The second-order valence-corrected chi connectivity index (χ2v) is 19.4. The maximum atomic E-state index is 14.4. The molecule has 1 heterocycles. The minimum Gasteiger partial charge on any atom is -0.393 e. The first-order valence-corrected chi connectivity index (χ1v) is 26.1. The van der Waals surface area contributed by atoms with Crippen molar-refractivity contribution in [2.24, 2.45) is 40.7 Å². The van der Waals surface area contributed by atoms with Gasteiger partial charge in [-0.3, -0.25) is 43.2 Å². The number of amides is 7. The van der Waals surface area contributed by atoms with Crippen LogP contribution in [-0.2, 0) is 49.6 Å². The molecular weight excluding hydrogens is 927 g/mol. The van der Waals surface area contributed by atoms with E-state index in [2.05, 4.69) is 44.1 Å². The van der Waals surface area contributed by atoms with Crippen LogP contribution in [0, 0.1) is 17.8 Å². The number of ketones is 2. The highest BCUT2D eigenvalue weighted by Crippen LogP contribution is 2.19. The number of unbranched alkanes of at least 4 members (excludes halogenated alkanes) is 4. The second kappa shape index (κ2) is 34.9. The number of aliphatic hydroxyl groups excluding tert-OH is 1. The van der Waals surface area contributed by atoms with Gasteiger partial charge in [0.15, 0.2) is 11.6 Å². The van der Waals surface area contributed by atoms with Crippen LogP contribution in [0.3, 0.4) is 0 Å². The van der Waals surface area contributed by atoms with E-state index in [0.29, 0.717) is 18.4 Å². The fourth-order valence-electron chi connectivity index (χ4n) is 8.58. The summed E-state index contributed by atoms with van der Waals surface area (Å²) in [4.78, 5) is 125. The summed E-state index contributed by atoms with van der Waals surface area (Å²) in [6.07, 6.45) is 3.73. The normalized spacial score (nSPS) is 23.4. The van der Waals surface area contributed by atoms with E-state index in [1.165, 1.54) is 0 Å². The number of aliphatic hydroxyl groups is 1. The van der Waals surface area contributed by atoms with Gasteiger partial charge in [0.2, 0.25) is 41.4 Å². The van der Waals surface area contributed by atoms with Crippen LogP contribution in [-0.4, -0.2) is 133 Å². The molecule has 0 spiro atoms. The van der Waals surface area contributed by atoms with Crippen molar-refractivity contribution in [1.29, 1.82) is 0 Å². The first kappa shape index (κ1) is 62.8. The van der Waals surface area contributed by atoms with Crippen LogP contribution in [0.4, 0.5) is 0 Å². The number of carbonyl (C=O) groups is 9. The minimum absolute atomic E-state index is 0.0289. The third-order valence-corrected chi connectivity index (χ3v) is 12.7. The predicted octanol–water partition coefficient (Wildman–Crippen LogP) is -0.229. The number of nitrogens with one attached hydrogen (secondary N) is 7. The van der Waals surface area contributed by atoms with Crippen molar-refractivity contribution in [2.75, 3.05) is 32.7 Å². The molecule has 0 bridgehead atoms. The Morgan fingerprint density at radius 3 is 1.74 bits per heavy atom. The lowest BCUT2D eigenvalue weighted by atomic mass is 9.89. The summed E-state index contributed by atoms with van der Waals surface area (Å²) in [5.41, 5.74) is 24.4. The molecule has 9 atom stereocenters. The molecule has 0 unspecified atom stereocenters. The van der Waals surface area contributed by atoms with Crippen LogP contribution in [0.25, 0.3) is 0 Å². The molecule has 0 saturated carbocycles. The molecule has 1 aromatic rings. The zero-order chi connectivity index (χ0) is 53.6. The van der Waals surface area contributed by atoms with Crippen LogP contribution in [0.2, 0.25) is 0 Å². The molecule has 1 saturated heterocycles. The van der Waals surface area contributed by atoms with Gasteiger partial charge in [-0.25, -0.2) is 0 Å². The molecule has 16 N–H and O–H groups in total. The van der Waals surface area contributed by atoms with Gasteiger partial charge < -0.3 is 65.3 Å². The Morgan fingerprint density at radius 1 is 0.653 bits per heavy atom. The fourth-order valence-corrected chi connectivity index (χ4v) is 8.58. The third kappa shape index (κ3) is 23.5. The Kier molecular flexibility index (Phi) is 30.4. The smallest absolute Gasteiger partial charge is 0.243 e. The molecule has 21 nitrogen and oxygen atoms in total. The molecular formula is C51H87N11O10. The van der Waals surface area contributed by atoms with Gasteiger partial charge in [0.25, 0.3) is 0 Å². The molecule has 1 fully saturated rings. The molecule has 7 amide bonds. The first-order valence-electron chi connectivity index (χ1n) is 26.1. The number of benzene rings is 1. The van der Waals surface area contributed by atoms with Crippen LogP contribution in [0.15, 0.2) is 30.3 Å². The van der Waals surface area contributed by atoms with Crippen molar-refractivity contribution in [1.82, 2.24) is 37.2 Å². The summed E-state index contributed by atoms with van der Waals surface area (Å²) in [7, 11) is 0. The van der Waals surface area contributed by atoms with Gasteiger partial charge in [-0.2, -0.15) is 0 Å². The maximum Gasteiger partial charge on any atom is 0.243 e. The van der Waals surface area contributed by atoms with Gasteiger partial charge >= 0.3 is 0 Å². The van der Waals surface area contributed by atoms with E-state index in [-0.39, 0.29) is 90.0 Å². The number of carbonyl (C=O) groups excluding carboxylic acids is 9. The van der Waals surface area contributed by atoms with Gasteiger partial charge in [0, 0.05) is 37.8 Å². The zero-order valence-corrected chi connectivity index (χ0v) is 43.1. The van der Waals surface area contributed by atoms with E-state index < -0.39 is 120 Å².